The van der Waals surface area contributed by atoms with Gasteiger partial charge in [0.05, 0.1) is 12.4 Å². The molecule has 47 heavy (non-hydrogen) atoms. The van der Waals surface area contributed by atoms with E-state index in [9.17, 15) is 14.2 Å². The Balaban J connectivity index is 1.16. The molecule has 15 nitrogen and oxygen atoms in total. The zero-order valence-corrected chi connectivity index (χ0v) is 26.7. The molecule has 3 fully saturated rings. The van der Waals surface area contributed by atoms with E-state index < -0.39 is 56.6 Å². The lowest BCUT2D eigenvalue weighted by Gasteiger charge is -2.30. The Bertz CT molecular complexity index is 1840. The van der Waals surface area contributed by atoms with Gasteiger partial charge in [-0.15, -0.1) is 0 Å². The number of hydrogen-bond acceptors (Lipinski definition) is 13. The molecule has 0 amide bonds. The molecule has 248 valence electrons. The molecule has 2 aromatic heterocycles. The molecule has 2 saturated heterocycles. The Morgan fingerprint density at radius 2 is 1.81 bits per heavy atom. The predicted molar refractivity (Wildman–Crippen MR) is 167 cm³/mol. The van der Waals surface area contributed by atoms with Crippen LogP contribution < -0.4 is 15.3 Å². The summed E-state index contributed by atoms with van der Waals surface area (Å²) in [5.74, 6) is -0.122. The smallest absolute Gasteiger partial charge is 0.461 e. The van der Waals surface area contributed by atoms with Crippen LogP contribution in [0.15, 0.2) is 55.1 Å². The van der Waals surface area contributed by atoms with Gasteiger partial charge in [-0.1, -0.05) is 42.8 Å². The zero-order chi connectivity index (χ0) is 32.7. The maximum atomic E-state index is 14.7. The number of benzene rings is 2. The minimum absolute atomic E-state index is 0.171. The van der Waals surface area contributed by atoms with Crippen LogP contribution in [-0.4, -0.2) is 68.2 Å². The first kappa shape index (κ1) is 31.3. The number of hydrogen-bond donors (Lipinski definition) is 2. The molecule has 7 rings (SSSR count). The van der Waals surface area contributed by atoms with Gasteiger partial charge in [0.1, 0.15) is 35.8 Å². The van der Waals surface area contributed by atoms with E-state index in [4.69, 9.17) is 33.7 Å². The molecule has 16 heteroatoms. The van der Waals surface area contributed by atoms with E-state index in [0.29, 0.717) is 16.6 Å². The molecule has 3 N–H and O–H groups in total. The third kappa shape index (κ3) is 6.23. The van der Waals surface area contributed by atoms with E-state index in [-0.39, 0.29) is 17.7 Å². The number of esters is 1. The second-order valence-electron chi connectivity index (χ2n) is 11.9. The van der Waals surface area contributed by atoms with Gasteiger partial charge in [0.25, 0.3) is 0 Å². The molecule has 2 aliphatic heterocycles. The fourth-order valence-corrected chi connectivity index (χ4v) is 8.05. The predicted octanol–water partition coefficient (Wildman–Crippen LogP) is 4.81. The van der Waals surface area contributed by atoms with Crippen LogP contribution in [0.3, 0.4) is 0 Å². The number of nitrogens with one attached hydrogen (secondary N) is 1. The van der Waals surface area contributed by atoms with Crippen LogP contribution in [0, 0.1) is 0 Å². The van der Waals surface area contributed by atoms with E-state index >= 15 is 0 Å². The molecule has 0 radical (unpaired) electrons. The summed E-state index contributed by atoms with van der Waals surface area (Å²) in [6.45, 7) is 3.15. The molecule has 4 aromatic rings. The summed E-state index contributed by atoms with van der Waals surface area (Å²) in [6, 6.07) is 11.7. The van der Waals surface area contributed by atoms with Crippen molar-refractivity contribution in [1.29, 1.82) is 0 Å². The molecule has 7 atom stereocenters. The van der Waals surface area contributed by atoms with Crippen molar-refractivity contribution >= 4 is 47.6 Å². The lowest BCUT2D eigenvalue weighted by molar-refractivity contribution is -0.152. The number of imidazole rings is 1. The number of aromatic nitrogens is 4. The Morgan fingerprint density at radius 3 is 2.64 bits per heavy atom. The first-order valence-corrected chi connectivity index (χ1v) is 17.1. The van der Waals surface area contributed by atoms with Crippen molar-refractivity contribution in [3.05, 3.63) is 55.1 Å². The fraction of sp³-hybridized carbons (Fsp3) is 0.452. The van der Waals surface area contributed by atoms with Gasteiger partial charge in [-0.2, -0.15) is 5.09 Å². The molecule has 1 unspecified atom stereocenters. The van der Waals surface area contributed by atoms with Gasteiger partial charge in [-0.3, -0.25) is 13.9 Å². The first-order chi connectivity index (χ1) is 22.7. The number of ether oxygens (including phenoxy) is 4. The molecule has 1 aliphatic carbocycles. The SMILES string of the molecule is C[C@H](NP(=O)(Oc1cccc2ccccc12)O[C@@H](C)[C@H]1O[C@@H](n2cnc3c(N)ncnc32)[C@@H]2OC(=O)O[C@@H]21)C(=O)OC1CCCCC1. The van der Waals surface area contributed by atoms with E-state index in [1.807, 2.05) is 30.3 Å². The molecular formula is C31H35N6O9P. The van der Waals surface area contributed by atoms with Crippen LogP contribution in [0.2, 0.25) is 0 Å². The quantitative estimate of drug-likeness (QED) is 0.173. The largest absolute Gasteiger partial charge is 0.509 e. The Labute approximate surface area is 269 Å². The molecule has 4 heterocycles. The van der Waals surface area contributed by atoms with E-state index in [2.05, 4.69) is 20.0 Å². The number of nitrogen functional groups attached to an aromatic ring is 1. The van der Waals surface area contributed by atoms with Gasteiger partial charge in [-0.05, 0) is 51.0 Å². The highest BCUT2D eigenvalue weighted by molar-refractivity contribution is 7.52. The molecule has 0 spiro atoms. The van der Waals surface area contributed by atoms with Crippen LogP contribution in [0.1, 0.15) is 52.2 Å². The number of fused-ring (bicyclic) bond motifs is 3. The number of nitrogens with two attached hydrogens (primary N) is 1. The number of anilines is 1. The third-order valence-corrected chi connectivity index (χ3v) is 10.4. The Hall–Kier alpha value is -4.30. The van der Waals surface area contributed by atoms with E-state index in [0.717, 1.165) is 37.5 Å². The van der Waals surface area contributed by atoms with Crippen molar-refractivity contribution in [3.8, 4) is 5.75 Å². The highest BCUT2D eigenvalue weighted by atomic mass is 31.2. The summed E-state index contributed by atoms with van der Waals surface area (Å²) in [5.41, 5.74) is 6.67. The molecule has 2 aromatic carbocycles. The summed E-state index contributed by atoms with van der Waals surface area (Å²) < 4.78 is 51.6. The molecule has 0 bridgehead atoms. The maximum absolute atomic E-state index is 14.7. The van der Waals surface area contributed by atoms with Crippen molar-refractivity contribution < 1.29 is 42.1 Å². The lowest BCUT2D eigenvalue weighted by Crippen LogP contribution is -2.41. The second kappa shape index (κ2) is 12.7. The van der Waals surface area contributed by atoms with E-state index in [1.165, 1.54) is 12.7 Å². The van der Waals surface area contributed by atoms with Gasteiger partial charge in [0, 0.05) is 5.39 Å². The van der Waals surface area contributed by atoms with Gasteiger partial charge >= 0.3 is 19.9 Å². The highest BCUT2D eigenvalue weighted by Crippen LogP contribution is 2.50. The van der Waals surface area contributed by atoms with Crippen molar-refractivity contribution in [1.82, 2.24) is 24.6 Å². The first-order valence-electron chi connectivity index (χ1n) is 15.6. The lowest BCUT2D eigenvalue weighted by atomic mass is 9.98. The number of nitrogens with zero attached hydrogens (tertiary/aromatic N) is 4. The van der Waals surface area contributed by atoms with Crippen molar-refractivity contribution in [3.63, 3.8) is 0 Å². The van der Waals surface area contributed by atoms with E-state index in [1.54, 1.807) is 30.5 Å². The van der Waals surface area contributed by atoms with Gasteiger partial charge in [0.15, 0.2) is 29.9 Å². The minimum atomic E-state index is -4.36. The minimum Gasteiger partial charge on any atom is -0.461 e. The normalized spacial score (nSPS) is 25.4. The summed E-state index contributed by atoms with van der Waals surface area (Å²) in [5, 5.41) is 4.33. The maximum Gasteiger partial charge on any atom is 0.509 e. The fourth-order valence-electron chi connectivity index (χ4n) is 6.33. The third-order valence-electron chi connectivity index (χ3n) is 8.63. The zero-order valence-electron chi connectivity index (χ0n) is 25.8. The van der Waals surface area contributed by atoms with Crippen LogP contribution in [-0.2, 0) is 32.8 Å². The second-order valence-corrected chi connectivity index (χ2v) is 13.6. The standard InChI is InChI=1S/C31H35N6O9P/c1-17(30(38)41-20-11-4-3-5-12-20)36-47(40,46-22-14-8-10-19-9-6-7-13-21(19)22)45-18(2)24-25-26(44-31(39)43-25)29(42-24)37-16-35-23-27(32)33-15-34-28(23)37/h6-10,13-18,20,24-26,29H,3-5,11-12H2,1-2H3,(H,36,40)(H2,32,33,34)/t17-,18-,24+,25+,26+,29+,47?/m0/s1. The van der Waals surface area contributed by atoms with Crippen molar-refractivity contribution in [2.45, 2.75) is 88.7 Å². The Morgan fingerprint density at radius 1 is 1.04 bits per heavy atom. The average molecular weight is 667 g/mol. The topological polar surface area (TPSA) is 188 Å². The summed E-state index contributed by atoms with van der Waals surface area (Å²) in [6.07, 6.45) is 1.49. The summed E-state index contributed by atoms with van der Waals surface area (Å²) in [7, 11) is -4.36. The molecule has 3 aliphatic rings. The van der Waals surface area contributed by atoms with Crippen LogP contribution in [0.25, 0.3) is 21.9 Å². The van der Waals surface area contributed by atoms with Crippen LogP contribution in [0.4, 0.5) is 10.6 Å². The number of carbonyl (C=O) groups excluding carboxylic acids is 2. The van der Waals surface area contributed by atoms with Crippen molar-refractivity contribution in [2.24, 2.45) is 0 Å². The molecule has 1 saturated carbocycles. The average Bonchev–Trinajstić information content (AvgIpc) is 3.75. The monoisotopic (exact) mass is 666 g/mol. The van der Waals surface area contributed by atoms with Gasteiger partial charge < -0.3 is 29.2 Å². The van der Waals surface area contributed by atoms with Gasteiger partial charge in [-0.25, -0.2) is 24.3 Å². The summed E-state index contributed by atoms with van der Waals surface area (Å²) >= 11 is 0. The van der Waals surface area contributed by atoms with Crippen LogP contribution >= 0.6 is 7.75 Å². The number of carbonyl (C=O) groups is 2. The van der Waals surface area contributed by atoms with Crippen molar-refractivity contribution in [2.75, 3.05) is 5.73 Å². The molecular weight excluding hydrogens is 631 g/mol. The van der Waals surface area contributed by atoms with Crippen LogP contribution in [0.5, 0.6) is 5.75 Å². The number of rotatable bonds is 10. The summed E-state index contributed by atoms with van der Waals surface area (Å²) in [4.78, 5) is 38.0. The Kier molecular flexibility index (Phi) is 8.47. The van der Waals surface area contributed by atoms with Gasteiger partial charge in [0.2, 0.25) is 0 Å². The highest BCUT2D eigenvalue weighted by Gasteiger charge is 2.58.